The Morgan fingerprint density at radius 2 is 1.27 bits per heavy atom. The fourth-order valence-corrected chi connectivity index (χ4v) is 6.10. The van der Waals surface area contributed by atoms with Gasteiger partial charge in [-0.2, -0.15) is 0 Å². The zero-order valence-electron chi connectivity index (χ0n) is 28.9. The molecular formula is C36H45N11O5. The van der Waals surface area contributed by atoms with Gasteiger partial charge >= 0.3 is 0 Å². The number of hydrogen-bond donors (Lipinski definition) is 9. The average molecular weight is 712 g/mol. The molecular weight excluding hydrogens is 666 g/mol. The van der Waals surface area contributed by atoms with Gasteiger partial charge in [0.15, 0.2) is 5.96 Å². The first kappa shape index (κ1) is 37.1. The Morgan fingerprint density at radius 1 is 0.692 bits per heavy atom. The molecule has 2 aromatic carbocycles. The number of nitrogens with zero attached hydrogens (tertiary/aromatic N) is 2. The quantitative estimate of drug-likeness (QED) is 0.0572. The standard InChI is InChI=1S/C36H45N11O5/c1-2-25-31(48)47-30(17-23-19-39-20-42-23)35(52)45-28(15-21-9-4-3-5-10-21)33(50)44-27(13-8-14-40-36(37)38)32(49)46-29(34(51)43-25)16-22-18-41-26-12-7-6-11-24(22)26/h3-7,9-12,18-20,25,27-30,41H,2,8,13-17H2,1H3,(H,39,42)(H,43,51)(H,44,50)(H,45,52)(H,46,49)(H,47,48)(H4,37,38,40)/t25-,27-,28+,29-,30-/m0/s1. The molecule has 0 bridgehead atoms. The number of aromatic nitrogens is 3. The van der Waals surface area contributed by atoms with Crippen molar-refractivity contribution in [2.75, 3.05) is 6.54 Å². The Morgan fingerprint density at radius 3 is 1.92 bits per heavy atom. The molecule has 1 fully saturated rings. The number of fused-ring (bicyclic) bond motifs is 1. The first-order chi connectivity index (χ1) is 25.1. The van der Waals surface area contributed by atoms with E-state index >= 15 is 0 Å². The van der Waals surface area contributed by atoms with Crippen molar-refractivity contribution >= 4 is 46.4 Å². The Balaban J connectivity index is 1.52. The van der Waals surface area contributed by atoms with Crippen LogP contribution in [0.15, 0.2) is 78.3 Å². The molecule has 16 heteroatoms. The molecule has 11 N–H and O–H groups in total. The average Bonchev–Trinajstić information content (AvgIpc) is 3.80. The van der Waals surface area contributed by atoms with E-state index < -0.39 is 59.7 Å². The monoisotopic (exact) mass is 711 g/mol. The Bertz CT molecular complexity index is 1870. The van der Waals surface area contributed by atoms with Crippen LogP contribution in [0.3, 0.4) is 0 Å². The predicted molar refractivity (Wildman–Crippen MR) is 194 cm³/mol. The maximum Gasteiger partial charge on any atom is 0.243 e. The van der Waals surface area contributed by atoms with E-state index in [4.69, 9.17) is 11.5 Å². The topological polar surface area (TPSA) is 254 Å². The van der Waals surface area contributed by atoms with Crippen molar-refractivity contribution in [2.45, 2.75) is 75.7 Å². The highest BCUT2D eigenvalue weighted by Crippen LogP contribution is 2.20. The zero-order chi connectivity index (χ0) is 37.0. The van der Waals surface area contributed by atoms with Crippen molar-refractivity contribution < 1.29 is 24.0 Å². The number of guanidine groups is 1. The molecule has 0 radical (unpaired) electrons. The van der Waals surface area contributed by atoms with Crippen LogP contribution in [0.2, 0.25) is 0 Å². The highest BCUT2D eigenvalue weighted by Gasteiger charge is 2.34. The normalized spacial score (nSPS) is 21.9. The molecule has 5 rings (SSSR count). The maximum atomic E-state index is 14.1. The predicted octanol–water partition coefficient (Wildman–Crippen LogP) is -0.180. The lowest BCUT2D eigenvalue weighted by Crippen LogP contribution is -2.58. The molecule has 4 aromatic rings. The second kappa shape index (κ2) is 17.6. The van der Waals surface area contributed by atoms with Gasteiger partial charge in [0.2, 0.25) is 29.5 Å². The minimum atomic E-state index is -1.15. The van der Waals surface area contributed by atoms with Crippen molar-refractivity contribution in [3.8, 4) is 0 Å². The summed E-state index contributed by atoms with van der Waals surface area (Å²) in [5, 5.41) is 14.9. The maximum absolute atomic E-state index is 14.1. The van der Waals surface area contributed by atoms with E-state index in [1.54, 1.807) is 13.1 Å². The van der Waals surface area contributed by atoms with Crippen LogP contribution in [-0.4, -0.2) is 87.2 Å². The summed E-state index contributed by atoms with van der Waals surface area (Å²) in [6.45, 7) is 1.91. The van der Waals surface area contributed by atoms with Gasteiger partial charge < -0.3 is 48.0 Å². The molecule has 5 atom stereocenters. The van der Waals surface area contributed by atoms with Gasteiger partial charge in [-0.1, -0.05) is 55.5 Å². The van der Waals surface area contributed by atoms with Crippen LogP contribution >= 0.6 is 0 Å². The summed E-state index contributed by atoms with van der Waals surface area (Å²) >= 11 is 0. The van der Waals surface area contributed by atoms with Gasteiger partial charge in [-0.05, 0) is 36.5 Å². The number of hydrogen-bond acceptors (Lipinski definition) is 7. The number of aromatic amines is 2. The molecule has 1 aliphatic heterocycles. The summed E-state index contributed by atoms with van der Waals surface area (Å²) in [7, 11) is 0. The molecule has 1 aliphatic rings. The lowest BCUT2D eigenvalue weighted by molar-refractivity contribution is -0.134. The molecule has 0 saturated carbocycles. The van der Waals surface area contributed by atoms with Crippen LogP contribution in [0.4, 0.5) is 0 Å². The number of imidazole rings is 1. The van der Waals surface area contributed by atoms with Crippen molar-refractivity contribution in [1.29, 1.82) is 0 Å². The Labute approximate surface area is 300 Å². The van der Waals surface area contributed by atoms with Gasteiger partial charge in [-0.25, -0.2) is 4.98 Å². The molecule has 0 spiro atoms. The molecule has 274 valence electrons. The number of carbonyl (C=O) groups excluding carboxylic acids is 5. The third-order valence-electron chi connectivity index (χ3n) is 8.88. The molecule has 3 heterocycles. The number of aliphatic imine (C=N–C) groups is 1. The van der Waals surface area contributed by atoms with Gasteiger partial charge in [0.05, 0.1) is 6.33 Å². The summed E-state index contributed by atoms with van der Waals surface area (Å²) < 4.78 is 0. The number of carbonyl (C=O) groups is 5. The number of para-hydroxylation sites is 1. The van der Waals surface area contributed by atoms with E-state index in [0.717, 1.165) is 22.0 Å². The van der Waals surface area contributed by atoms with Crippen LogP contribution in [0.5, 0.6) is 0 Å². The fraction of sp³-hybridized carbons (Fsp3) is 0.361. The minimum Gasteiger partial charge on any atom is -0.370 e. The van der Waals surface area contributed by atoms with Gasteiger partial charge in [0, 0.05) is 54.8 Å². The molecule has 5 amide bonds. The number of nitrogens with one attached hydrogen (secondary N) is 7. The number of rotatable bonds is 11. The summed E-state index contributed by atoms with van der Waals surface area (Å²) in [6.07, 6.45) is 5.56. The van der Waals surface area contributed by atoms with Crippen molar-refractivity contribution in [3.63, 3.8) is 0 Å². The van der Waals surface area contributed by atoms with E-state index in [1.807, 2.05) is 54.6 Å². The Kier molecular flexibility index (Phi) is 12.6. The van der Waals surface area contributed by atoms with Gasteiger partial charge in [-0.3, -0.25) is 29.0 Å². The lowest BCUT2D eigenvalue weighted by atomic mass is 10.0. The SMILES string of the molecule is CC[C@@H]1NC(=O)[C@H](Cc2c[nH]c3ccccc23)NC(=O)[C@H](CCCN=C(N)N)NC(=O)[C@@H](Cc2ccccc2)NC(=O)[C@H](Cc2cnc[nH]2)NC1=O. The summed E-state index contributed by atoms with van der Waals surface area (Å²) in [4.78, 5) is 84.0. The van der Waals surface area contributed by atoms with E-state index in [-0.39, 0.29) is 44.6 Å². The number of amides is 5. The summed E-state index contributed by atoms with van der Waals surface area (Å²) in [6, 6.07) is 11.0. The third-order valence-corrected chi connectivity index (χ3v) is 8.88. The molecule has 2 aromatic heterocycles. The van der Waals surface area contributed by atoms with E-state index in [0.29, 0.717) is 12.1 Å². The zero-order valence-corrected chi connectivity index (χ0v) is 28.9. The largest absolute Gasteiger partial charge is 0.370 e. The van der Waals surface area contributed by atoms with Crippen LogP contribution in [0.25, 0.3) is 10.9 Å². The van der Waals surface area contributed by atoms with Crippen molar-refractivity contribution in [2.24, 2.45) is 16.5 Å². The first-order valence-electron chi connectivity index (χ1n) is 17.2. The fourth-order valence-electron chi connectivity index (χ4n) is 6.10. The Hall–Kier alpha value is -6.19. The minimum absolute atomic E-state index is 0.0261. The highest BCUT2D eigenvalue weighted by molar-refractivity contribution is 5.98. The number of H-pyrrole nitrogens is 2. The molecule has 52 heavy (non-hydrogen) atoms. The highest BCUT2D eigenvalue weighted by atomic mass is 16.2. The molecule has 0 unspecified atom stereocenters. The van der Waals surface area contributed by atoms with Gasteiger partial charge in [0.25, 0.3) is 0 Å². The first-order valence-corrected chi connectivity index (χ1v) is 17.2. The van der Waals surface area contributed by atoms with E-state index in [1.165, 1.54) is 12.5 Å². The number of nitrogens with two attached hydrogens (primary N) is 2. The summed E-state index contributed by atoms with van der Waals surface area (Å²) in [5.74, 6) is -3.24. The summed E-state index contributed by atoms with van der Waals surface area (Å²) in [5.41, 5.74) is 13.9. The molecule has 16 nitrogen and oxygen atoms in total. The van der Waals surface area contributed by atoms with Crippen LogP contribution in [-0.2, 0) is 43.2 Å². The van der Waals surface area contributed by atoms with Gasteiger partial charge in [0.1, 0.15) is 30.2 Å². The van der Waals surface area contributed by atoms with Crippen molar-refractivity contribution in [1.82, 2.24) is 41.5 Å². The molecule has 0 aliphatic carbocycles. The van der Waals surface area contributed by atoms with Crippen LogP contribution < -0.4 is 38.1 Å². The number of benzene rings is 2. The second-order valence-electron chi connectivity index (χ2n) is 12.7. The van der Waals surface area contributed by atoms with Crippen LogP contribution in [0.1, 0.15) is 43.0 Å². The van der Waals surface area contributed by atoms with Crippen molar-refractivity contribution in [3.05, 3.63) is 90.1 Å². The third kappa shape index (κ3) is 9.95. The second-order valence-corrected chi connectivity index (χ2v) is 12.7. The lowest BCUT2D eigenvalue weighted by Gasteiger charge is -2.26. The molecule has 1 saturated heterocycles. The van der Waals surface area contributed by atoms with Crippen LogP contribution in [0, 0.1) is 0 Å². The van der Waals surface area contributed by atoms with Gasteiger partial charge in [-0.15, -0.1) is 0 Å². The smallest absolute Gasteiger partial charge is 0.243 e. The van der Waals surface area contributed by atoms with E-state index in [9.17, 15) is 24.0 Å². The van der Waals surface area contributed by atoms with E-state index in [2.05, 4.69) is 46.5 Å².